The van der Waals surface area contributed by atoms with Crippen LogP contribution < -0.4 is 17.7 Å². The van der Waals surface area contributed by atoms with E-state index < -0.39 is 7.37 Å². The van der Waals surface area contributed by atoms with Crippen molar-refractivity contribution in [3.05, 3.63) is 0 Å². The van der Waals surface area contributed by atoms with E-state index in [2.05, 4.69) is 5.32 Å². The molecule has 0 aliphatic carbocycles. The number of hydrogen-bond acceptors (Lipinski definition) is 1. The Kier molecular flexibility index (Phi) is 4.64. The molecule has 1 unspecified atom stereocenters. The molecule has 68 valence electrons. The SMILES string of the molecule is CP(=O)(O)C1CC[NH2+]CC1.[Cl-]. The van der Waals surface area contributed by atoms with Crippen molar-refractivity contribution >= 4 is 7.37 Å². The van der Waals surface area contributed by atoms with Crippen molar-refractivity contribution in [1.29, 1.82) is 0 Å². The van der Waals surface area contributed by atoms with Crippen LogP contribution in [0.2, 0.25) is 0 Å². The molecule has 1 atom stereocenters. The van der Waals surface area contributed by atoms with Crippen molar-refractivity contribution in [2.75, 3.05) is 19.8 Å². The predicted molar refractivity (Wildman–Crippen MR) is 40.4 cm³/mol. The first-order valence-electron chi connectivity index (χ1n) is 3.72. The van der Waals surface area contributed by atoms with Gasteiger partial charge in [-0.3, -0.25) is 4.57 Å². The van der Waals surface area contributed by atoms with Crippen molar-refractivity contribution in [3.63, 3.8) is 0 Å². The van der Waals surface area contributed by atoms with Crippen molar-refractivity contribution in [2.24, 2.45) is 0 Å². The fourth-order valence-electron chi connectivity index (χ4n) is 1.39. The molecule has 3 nitrogen and oxygen atoms in total. The molecule has 1 aliphatic heterocycles. The van der Waals surface area contributed by atoms with Crippen molar-refractivity contribution < 1.29 is 27.2 Å². The van der Waals surface area contributed by atoms with Gasteiger partial charge in [-0.15, -0.1) is 0 Å². The van der Waals surface area contributed by atoms with Gasteiger partial charge in [0.05, 0.1) is 13.1 Å². The van der Waals surface area contributed by atoms with Crippen LogP contribution in [0.5, 0.6) is 0 Å². The molecular formula is C6H15ClNO2P. The number of halogens is 1. The molecule has 1 rings (SSSR count). The van der Waals surface area contributed by atoms with Gasteiger partial charge >= 0.3 is 0 Å². The van der Waals surface area contributed by atoms with Gasteiger partial charge in [-0.05, 0) is 0 Å². The van der Waals surface area contributed by atoms with Crippen LogP contribution in [-0.2, 0) is 4.57 Å². The van der Waals surface area contributed by atoms with Gasteiger partial charge in [0.1, 0.15) is 0 Å². The summed E-state index contributed by atoms with van der Waals surface area (Å²) in [6.45, 7) is 3.51. The van der Waals surface area contributed by atoms with E-state index in [-0.39, 0.29) is 18.1 Å². The third-order valence-electron chi connectivity index (χ3n) is 2.09. The molecule has 0 saturated carbocycles. The standard InChI is InChI=1S/C6H14NO2P.ClH/c1-10(8,9)6-2-4-7-5-3-6;/h6-7H,2-5H2,1H3,(H,8,9);1H. The smallest absolute Gasteiger partial charge is 0.201 e. The number of rotatable bonds is 1. The second kappa shape index (κ2) is 4.46. The number of quaternary nitrogens is 1. The summed E-state index contributed by atoms with van der Waals surface area (Å²) in [5.74, 6) is 0. The molecule has 0 bridgehead atoms. The molecule has 1 aliphatic rings. The van der Waals surface area contributed by atoms with Gasteiger partial charge in [-0.25, -0.2) is 0 Å². The van der Waals surface area contributed by atoms with Crippen LogP contribution in [0.3, 0.4) is 0 Å². The molecule has 3 N–H and O–H groups in total. The van der Waals surface area contributed by atoms with Crippen LogP contribution in [0.4, 0.5) is 0 Å². The molecule has 0 radical (unpaired) electrons. The Morgan fingerprint density at radius 2 is 1.91 bits per heavy atom. The fraction of sp³-hybridized carbons (Fsp3) is 1.00. The summed E-state index contributed by atoms with van der Waals surface area (Å²) in [4.78, 5) is 9.18. The van der Waals surface area contributed by atoms with Crippen molar-refractivity contribution in [2.45, 2.75) is 18.5 Å². The normalized spacial score (nSPS) is 25.3. The highest BCUT2D eigenvalue weighted by molar-refractivity contribution is 7.57. The lowest BCUT2D eigenvalue weighted by atomic mass is 10.2. The Bertz CT molecular complexity index is 153. The first-order valence-corrected chi connectivity index (χ1v) is 5.90. The maximum absolute atomic E-state index is 11.1. The topological polar surface area (TPSA) is 53.9 Å². The minimum Gasteiger partial charge on any atom is -1.00 e. The second-order valence-electron chi connectivity index (χ2n) is 3.04. The van der Waals surface area contributed by atoms with E-state index in [9.17, 15) is 9.46 Å². The Balaban J connectivity index is 0.000001000. The van der Waals surface area contributed by atoms with E-state index in [1.54, 1.807) is 0 Å². The summed E-state index contributed by atoms with van der Waals surface area (Å²) in [7, 11) is -2.76. The lowest BCUT2D eigenvalue weighted by Gasteiger charge is -2.22. The molecule has 0 spiro atoms. The highest BCUT2D eigenvalue weighted by Gasteiger charge is 2.28. The van der Waals surface area contributed by atoms with Crippen LogP contribution in [0.25, 0.3) is 0 Å². The van der Waals surface area contributed by atoms with Gasteiger partial charge < -0.3 is 22.6 Å². The Morgan fingerprint density at radius 3 is 2.18 bits per heavy atom. The van der Waals surface area contributed by atoms with Crippen LogP contribution in [0.1, 0.15) is 12.8 Å². The highest BCUT2D eigenvalue weighted by atomic mass is 35.5. The lowest BCUT2D eigenvalue weighted by molar-refractivity contribution is -0.661. The predicted octanol–water partition coefficient (Wildman–Crippen LogP) is -3.38. The minimum absolute atomic E-state index is 0. The maximum atomic E-state index is 11.1. The van der Waals surface area contributed by atoms with E-state index >= 15 is 0 Å². The lowest BCUT2D eigenvalue weighted by Crippen LogP contribution is -3.00. The van der Waals surface area contributed by atoms with E-state index in [0.717, 1.165) is 25.9 Å². The van der Waals surface area contributed by atoms with Crippen LogP contribution >= 0.6 is 7.37 Å². The van der Waals surface area contributed by atoms with Gasteiger partial charge in [0.15, 0.2) is 0 Å². The zero-order valence-electron chi connectivity index (χ0n) is 6.66. The van der Waals surface area contributed by atoms with Crippen LogP contribution in [0.15, 0.2) is 0 Å². The zero-order chi connectivity index (χ0) is 7.61. The summed E-state index contributed by atoms with van der Waals surface area (Å²) in [6.07, 6.45) is 1.81. The van der Waals surface area contributed by atoms with E-state index in [4.69, 9.17) is 0 Å². The Labute approximate surface area is 73.4 Å². The highest BCUT2D eigenvalue weighted by Crippen LogP contribution is 2.45. The number of nitrogens with two attached hydrogens (primary N) is 1. The summed E-state index contributed by atoms with van der Waals surface area (Å²) in [5.41, 5.74) is 0.0810. The van der Waals surface area contributed by atoms with Crippen molar-refractivity contribution in [1.82, 2.24) is 0 Å². The third kappa shape index (κ3) is 3.57. The molecule has 11 heavy (non-hydrogen) atoms. The van der Waals surface area contributed by atoms with Gasteiger partial charge in [-0.2, -0.15) is 0 Å². The molecule has 1 heterocycles. The Hall–Kier alpha value is 0.440. The van der Waals surface area contributed by atoms with E-state index in [1.807, 2.05) is 0 Å². The summed E-state index contributed by atoms with van der Waals surface area (Å²) >= 11 is 0. The van der Waals surface area contributed by atoms with Gasteiger partial charge in [0, 0.05) is 25.2 Å². The van der Waals surface area contributed by atoms with Crippen LogP contribution in [0, 0.1) is 0 Å². The average molecular weight is 200 g/mol. The number of hydrogen-bond donors (Lipinski definition) is 2. The maximum Gasteiger partial charge on any atom is 0.201 e. The summed E-state index contributed by atoms with van der Waals surface area (Å²) in [5, 5.41) is 2.20. The zero-order valence-corrected chi connectivity index (χ0v) is 8.31. The summed E-state index contributed by atoms with van der Waals surface area (Å²) < 4.78 is 11.1. The number of piperidine rings is 1. The van der Waals surface area contributed by atoms with Gasteiger partial charge in [0.25, 0.3) is 0 Å². The molecule has 0 amide bonds. The monoisotopic (exact) mass is 199 g/mol. The molecule has 0 aromatic rings. The first-order chi connectivity index (χ1) is 4.61. The molecular weight excluding hydrogens is 184 g/mol. The van der Waals surface area contributed by atoms with Gasteiger partial charge in [0.2, 0.25) is 7.37 Å². The third-order valence-corrected chi connectivity index (χ3v) is 3.96. The molecule has 1 fully saturated rings. The fourth-order valence-corrected chi connectivity index (χ4v) is 2.64. The minimum atomic E-state index is -2.76. The van der Waals surface area contributed by atoms with Crippen LogP contribution in [-0.4, -0.2) is 30.3 Å². The van der Waals surface area contributed by atoms with E-state index in [0.29, 0.717) is 0 Å². The quantitative estimate of drug-likeness (QED) is 0.433. The molecule has 0 aromatic carbocycles. The Morgan fingerprint density at radius 1 is 1.45 bits per heavy atom. The second-order valence-corrected chi connectivity index (χ2v) is 5.66. The molecule has 0 aromatic heterocycles. The molecule has 1 saturated heterocycles. The summed E-state index contributed by atoms with van der Waals surface area (Å²) in [6, 6.07) is 0. The van der Waals surface area contributed by atoms with Crippen molar-refractivity contribution in [3.8, 4) is 0 Å². The first kappa shape index (κ1) is 11.4. The molecule has 5 heteroatoms. The van der Waals surface area contributed by atoms with Gasteiger partial charge in [-0.1, -0.05) is 0 Å². The largest absolute Gasteiger partial charge is 1.00 e. The average Bonchev–Trinajstić information content (AvgIpc) is 1.88. The van der Waals surface area contributed by atoms with E-state index in [1.165, 1.54) is 6.66 Å².